The van der Waals surface area contributed by atoms with Crippen molar-refractivity contribution in [3.63, 3.8) is 0 Å². The van der Waals surface area contributed by atoms with Gasteiger partial charge in [0.15, 0.2) is 11.6 Å². The molecule has 7 heteroatoms. The number of nitrogens with zero attached hydrogens (tertiary/aromatic N) is 2. The number of hydrogen-bond donors (Lipinski definition) is 1. The average molecular weight is 401 g/mol. The molecule has 28 heavy (non-hydrogen) atoms. The molecular formula is C21H21F2N3OS. The third kappa shape index (κ3) is 4.79. The summed E-state index contributed by atoms with van der Waals surface area (Å²) in [7, 11) is 1.77. The Hall–Kier alpha value is -2.64. The minimum absolute atomic E-state index is 0.106. The summed E-state index contributed by atoms with van der Waals surface area (Å²) in [5.74, 6) is -1.96. The normalized spacial score (nSPS) is 13.3. The molecule has 0 aliphatic carbocycles. The molecule has 3 rings (SSSR count). The highest BCUT2D eigenvalue weighted by molar-refractivity contribution is 7.09. The maximum Gasteiger partial charge on any atom is 0.235 e. The second-order valence-corrected chi connectivity index (χ2v) is 7.47. The minimum Gasteiger partial charge on any atom is -0.342 e. The minimum atomic E-state index is -0.893. The van der Waals surface area contributed by atoms with E-state index < -0.39 is 11.6 Å². The van der Waals surface area contributed by atoms with Crippen molar-refractivity contribution in [2.75, 3.05) is 13.6 Å². The van der Waals surface area contributed by atoms with Crippen LogP contribution in [-0.2, 0) is 4.79 Å². The van der Waals surface area contributed by atoms with E-state index in [0.717, 1.165) is 22.7 Å². The zero-order valence-electron chi connectivity index (χ0n) is 15.6. The number of halogens is 2. The fourth-order valence-electron chi connectivity index (χ4n) is 2.91. The van der Waals surface area contributed by atoms with Gasteiger partial charge in [-0.25, -0.2) is 13.8 Å². The molecule has 1 aromatic heterocycles. The lowest BCUT2D eigenvalue weighted by atomic mass is 10.1. The summed E-state index contributed by atoms with van der Waals surface area (Å²) in [6, 6.07) is 12.8. The largest absolute Gasteiger partial charge is 0.342 e. The van der Waals surface area contributed by atoms with Crippen molar-refractivity contribution < 1.29 is 13.6 Å². The Morgan fingerprint density at radius 1 is 1.14 bits per heavy atom. The number of thiazole rings is 1. The number of amides is 1. The monoisotopic (exact) mass is 401 g/mol. The molecule has 0 aliphatic rings. The Bertz CT molecular complexity index is 919. The first-order valence-electron chi connectivity index (χ1n) is 8.84. The maximum absolute atomic E-state index is 13.5. The van der Waals surface area contributed by atoms with Crippen LogP contribution in [0.4, 0.5) is 8.78 Å². The van der Waals surface area contributed by atoms with Gasteiger partial charge in [-0.3, -0.25) is 9.69 Å². The summed E-state index contributed by atoms with van der Waals surface area (Å²) in [5, 5.41) is 5.70. The summed E-state index contributed by atoms with van der Waals surface area (Å²) < 4.78 is 26.7. The van der Waals surface area contributed by atoms with Crippen molar-refractivity contribution >= 4 is 17.2 Å². The second-order valence-electron chi connectivity index (χ2n) is 6.55. The fourth-order valence-corrected chi connectivity index (χ4v) is 3.62. The highest BCUT2D eigenvalue weighted by Gasteiger charge is 2.22. The average Bonchev–Trinajstić information content (AvgIpc) is 3.22. The topological polar surface area (TPSA) is 45.2 Å². The Kier molecular flexibility index (Phi) is 6.49. The number of carbonyl (C=O) groups excluding carboxylic acids is 1. The number of nitrogens with one attached hydrogen (secondary N) is 1. The smallest absolute Gasteiger partial charge is 0.235 e. The standard InChI is InChI=1S/C21H21F2N3OS/c1-14(16-8-9-17(22)18(23)12-16)26(2)13-19(27)25-20(21-24-10-11-28-21)15-6-4-3-5-7-15/h3-12,14,20H,13H2,1-2H3,(H,25,27). The molecule has 2 unspecified atom stereocenters. The molecule has 0 spiro atoms. The van der Waals surface area contributed by atoms with Crippen molar-refractivity contribution in [3.8, 4) is 0 Å². The van der Waals surface area contributed by atoms with Crippen LogP contribution < -0.4 is 5.32 Å². The van der Waals surface area contributed by atoms with Crippen LogP contribution in [0.2, 0.25) is 0 Å². The highest BCUT2D eigenvalue weighted by Crippen LogP contribution is 2.24. The molecule has 146 valence electrons. The van der Waals surface area contributed by atoms with E-state index in [0.29, 0.717) is 5.56 Å². The molecule has 2 atom stereocenters. The number of likely N-dealkylation sites (N-methyl/N-ethyl adjacent to an activating group) is 1. The van der Waals surface area contributed by atoms with Gasteiger partial charge in [-0.05, 0) is 37.2 Å². The summed E-state index contributed by atoms with van der Waals surface area (Å²) in [6.07, 6.45) is 1.71. The molecule has 1 heterocycles. The molecule has 0 aliphatic heterocycles. The maximum atomic E-state index is 13.5. The molecule has 0 saturated carbocycles. The molecule has 0 radical (unpaired) electrons. The molecule has 2 aromatic carbocycles. The van der Waals surface area contributed by atoms with E-state index in [4.69, 9.17) is 0 Å². The predicted octanol–water partition coefficient (Wildman–Crippen LogP) is 4.32. The van der Waals surface area contributed by atoms with Crippen LogP contribution in [0.1, 0.15) is 35.1 Å². The third-order valence-corrected chi connectivity index (χ3v) is 5.46. The lowest BCUT2D eigenvalue weighted by Crippen LogP contribution is -2.38. The Morgan fingerprint density at radius 2 is 1.89 bits per heavy atom. The van der Waals surface area contributed by atoms with E-state index in [1.165, 1.54) is 17.4 Å². The molecular weight excluding hydrogens is 380 g/mol. The van der Waals surface area contributed by atoms with Crippen LogP contribution in [0.25, 0.3) is 0 Å². The van der Waals surface area contributed by atoms with Crippen molar-refractivity contribution in [1.82, 2.24) is 15.2 Å². The zero-order chi connectivity index (χ0) is 20.1. The molecule has 0 fully saturated rings. The zero-order valence-corrected chi connectivity index (χ0v) is 16.4. The van der Waals surface area contributed by atoms with E-state index in [2.05, 4.69) is 10.3 Å². The van der Waals surface area contributed by atoms with Crippen LogP contribution in [-0.4, -0.2) is 29.4 Å². The van der Waals surface area contributed by atoms with Gasteiger partial charge >= 0.3 is 0 Å². The van der Waals surface area contributed by atoms with Gasteiger partial charge in [-0.15, -0.1) is 11.3 Å². The van der Waals surface area contributed by atoms with E-state index in [1.54, 1.807) is 18.1 Å². The lowest BCUT2D eigenvalue weighted by Gasteiger charge is -2.26. The van der Waals surface area contributed by atoms with E-state index in [9.17, 15) is 13.6 Å². The van der Waals surface area contributed by atoms with Gasteiger partial charge in [0.25, 0.3) is 0 Å². The second kappa shape index (κ2) is 9.03. The van der Waals surface area contributed by atoms with E-state index in [1.807, 2.05) is 42.6 Å². The van der Waals surface area contributed by atoms with Crippen LogP contribution in [0, 0.1) is 11.6 Å². The van der Waals surface area contributed by atoms with E-state index in [-0.39, 0.29) is 24.5 Å². The quantitative estimate of drug-likeness (QED) is 0.641. The summed E-state index contributed by atoms with van der Waals surface area (Å²) >= 11 is 1.48. The first kappa shape index (κ1) is 20.1. The van der Waals surface area contributed by atoms with Crippen LogP contribution in [0.15, 0.2) is 60.1 Å². The van der Waals surface area contributed by atoms with E-state index >= 15 is 0 Å². The summed E-state index contributed by atoms with van der Waals surface area (Å²) in [5.41, 5.74) is 1.55. The summed E-state index contributed by atoms with van der Waals surface area (Å²) in [6.45, 7) is 1.95. The van der Waals surface area contributed by atoms with Gasteiger partial charge in [0, 0.05) is 17.6 Å². The molecule has 0 bridgehead atoms. The fraction of sp³-hybridized carbons (Fsp3) is 0.238. The Balaban J connectivity index is 1.69. The molecule has 1 N–H and O–H groups in total. The number of carbonyl (C=O) groups is 1. The van der Waals surface area contributed by atoms with Gasteiger partial charge in [-0.1, -0.05) is 36.4 Å². The van der Waals surface area contributed by atoms with Crippen molar-refractivity contribution in [2.24, 2.45) is 0 Å². The highest BCUT2D eigenvalue weighted by atomic mass is 32.1. The molecule has 4 nitrogen and oxygen atoms in total. The SMILES string of the molecule is CC(c1ccc(F)c(F)c1)N(C)CC(=O)NC(c1ccccc1)c1nccs1. The van der Waals surface area contributed by atoms with Gasteiger partial charge in [0.05, 0.1) is 6.54 Å². The first-order valence-corrected chi connectivity index (χ1v) is 9.72. The number of rotatable bonds is 7. The first-order chi connectivity index (χ1) is 13.5. The van der Waals surface area contributed by atoms with Crippen molar-refractivity contribution in [2.45, 2.75) is 19.0 Å². The van der Waals surface area contributed by atoms with Crippen LogP contribution >= 0.6 is 11.3 Å². The Labute approximate surface area is 166 Å². The molecule has 1 amide bonds. The summed E-state index contributed by atoms with van der Waals surface area (Å²) in [4.78, 5) is 18.8. The molecule has 3 aromatic rings. The van der Waals surface area contributed by atoms with Gasteiger partial charge in [-0.2, -0.15) is 0 Å². The third-order valence-electron chi connectivity index (χ3n) is 4.62. The van der Waals surface area contributed by atoms with Gasteiger partial charge < -0.3 is 5.32 Å². The Morgan fingerprint density at radius 3 is 2.54 bits per heavy atom. The van der Waals surface area contributed by atoms with Gasteiger partial charge in [0.1, 0.15) is 11.0 Å². The lowest BCUT2D eigenvalue weighted by molar-refractivity contribution is -0.122. The molecule has 0 saturated heterocycles. The van der Waals surface area contributed by atoms with Crippen molar-refractivity contribution in [1.29, 1.82) is 0 Å². The van der Waals surface area contributed by atoms with Crippen molar-refractivity contribution in [3.05, 3.63) is 87.9 Å². The van der Waals surface area contributed by atoms with Crippen LogP contribution in [0.5, 0.6) is 0 Å². The predicted molar refractivity (Wildman–Crippen MR) is 106 cm³/mol. The van der Waals surface area contributed by atoms with Gasteiger partial charge in [0.2, 0.25) is 5.91 Å². The number of aromatic nitrogens is 1. The number of hydrogen-bond acceptors (Lipinski definition) is 4. The van der Waals surface area contributed by atoms with Crippen LogP contribution in [0.3, 0.4) is 0 Å². The number of benzene rings is 2.